The van der Waals surface area contributed by atoms with Crippen molar-refractivity contribution in [2.75, 3.05) is 6.54 Å². The fourth-order valence-corrected chi connectivity index (χ4v) is 2.31. The number of hydrogen-bond donors (Lipinski definition) is 2. The number of carbonyl (C=O) groups is 2. The zero-order valence-electron chi connectivity index (χ0n) is 13.4. The third-order valence-corrected chi connectivity index (χ3v) is 3.36. The van der Waals surface area contributed by atoms with Crippen LogP contribution < -0.4 is 5.32 Å². The molecule has 0 aliphatic carbocycles. The lowest BCUT2D eigenvalue weighted by Gasteiger charge is -2.26. The summed E-state index contributed by atoms with van der Waals surface area (Å²) in [5.74, 6) is -0.776. The van der Waals surface area contributed by atoms with Crippen molar-refractivity contribution >= 4 is 11.7 Å². The van der Waals surface area contributed by atoms with Gasteiger partial charge in [0.25, 0.3) is 0 Å². The molecule has 0 saturated heterocycles. The molecular formula is C17H24FNO3. The standard InChI is InChI=1S/C17H24FNO3/c1-12(20)10-17(2,3)11-19-16(22)9-8-15(21)13-4-6-14(18)7-5-13/h4-7,12,20H,8-11H2,1-3H3,(H,19,22). The number of Topliss-reactive ketones (excluding diaryl/α,β-unsaturated/α-hetero) is 1. The molecule has 1 unspecified atom stereocenters. The SMILES string of the molecule is CC(O)CC(C)(C)CNC(=O)CCC(=O)c1ccc(F)cc1. The van der Waals surface area contributed by atoms with Crippen molar-refractivity contribution in [3.05, 3.63) is 35.6 Å². The number of amides is 1. The lowest BCUT2D eigenvalue weighted by molar-refractivity contribution is -0.121. The molecule has 22 heavy (non-hydrogen) atoms. The number of halogens is 1. The average molecular weight is 309 g/mol. The minimum atomic E-state index is -0.424. The van der Waals surface area contributed by atoms with Crippen LogP contribution in [-0.4, -0.2) is 29.4 Å². The second-order valence-corrected chi connectivity index (χ2v) is 6.42. The van der Waals surface area contributed by atoms with Crippen LogP contribution in [-0.2, 0) is 4.79 Å². The predicted octanol–water partition coefficient (Wildman–Crippen LogP) is 2.70. The van der Waals surface area contributed by atoms with Gasteiger partial charge in [-0.25, -0.2) is 4.39 Å². The normalized spacial score (nSPS) is 12.8. The van der Waals surface area contributed by atoms with Gasteiger partial charge in [0, 0.05) is 24.9 Å². The molecule has 1 rings (SSSR count). The van der Waals surface area contributed by atoms with Crippen molar-refractivity contribution in [1.82, 2.24) is 5.32 Å². The number of carbonyl (C=O) groups excluding carboxylic acids is 2. The van der Waals surface area contributed by atoms with E-state index in [0.717, 1.165) is 0 Å². The quantitative estimate of drug-likeness (QED) is 0.726. The smallest absolute Gasteiger partial charge is 0.220 e. The lowest BCUT2D eigenvalue weighted by atomic mass is 9.87. The molecule has 1 amide bonds. The number of nitrogens with one attached hydrogen (secondary N) is 1. The first kappa shape index (κ1) is 18.3. The maximum atomic E-state index is 12.8. The molecule has 2 N–H and O–H groups in total. The van der Waals surface area contributed by atoms with Crippen molar-refractivity contribution in [2.24, 2.45) is 5.41 Å². The molecule has 0 bridgehead atoms. The van der Waals surface area contributed by atoms with Gasteiger partial charge in [-0.05, 0) is 43.0 Å². The Balaban J connectivity index is 2.37. The van der Waals surface area contributed by atoms with Crippen LogP contribution in [0, 0.1) is 11.2 Å². The molecule has 0 saturated carbocycles. The lowest BCUT2D eigenvalue weighted by Crippen LogP contribution is -2.35. The summed E-state index contributed by atoms with van der Waals surface area (Å²) in [5.41, 5.74) is 0.203. The number of hydrogen-bond acceptors (Lipinski definition) is 3. The van der Waals surface area contributed by atoms with Gasteiger partial charge in [0.2, 0.25) is 5.91 Å². The Labute approximate surface area is 130 Å². The van der Waals surface area contributed by atoms with Gasteiger partial charge in [0.15, 0.2) is 5.78 Å². The van der Waals surface area contributed by atoms with E-state index in [1.165, 1.54) is 24.3 Å². The number of rotatable bonds is 8. The van der Waals surface area contributed by atoms with Crippen LogP contribution in [0.25, 0.3) is 0 Å². The van der Waals surface area contributed by atoms with Gasteiger partial charge in [-0.1, -0.05) is 13.8 Å². The van der Waals surface area contributed by atoms with Crippen molar-refractivity contribution < 1.29 is 19.1 Å². The highest BCUT2D eigenvalue weighted by Gasteiger charge is 2.21. The van der Waals surface area contributed by atoms with E-state index in [4.69, 9.17) is 0 Å². The van der Waals surface area contributed by atoms with Gasteiger partial charge in [-0.3, -0.25) is 9.59 Å². The Morgan fingerprint density at radius 3 is 2.36 bits per heavy atom. The number of aliphatic hydroxyl groups excluding tert-OH is 1. The van der Waals surface area contributed by atoms with Crippen LogP contribution in [0.3, 0.4) is 0 Å². The van der Waals surface area contributed by atoms with E-state index in [0.29, 0.717) is 18.5 Å². The topological polar surface area (TPSA) is 66.4 Å². The molecule has 1 aromatic carbocycles. The maximum Gasteiger partial charge on any atom is 0.220 e. The summed E-state index contributed by atoms with van der Waals surface area (Å²) < 4.78 is 12.8. The van der Waals surface area contributed by atoms with Gasteiger partial charge in [-0.2, -0.15) is 0 Å². The summed E-state index contributed by atoms with van der Waals surface area (Å²) in [6.07, 6.45) is 0.351. The minimum Gasteiger partial charge on any atom is -0.393 e. The molecule has 1 aromatic rings. The molecule has 0 aromatic heterocycles. The van der Waals surface area contributed by atoms with E-state index in [1.54, 1.807) is 6.92 Å². The van der Waals surface area contributed by atoms with Crippen LogP contribution in [0.5, 0.6) is 0 Å². The Morgan fingerprint density at radius 2 is 1.82 bits per heavy atom. The second-order valence-electron chi connectivity index (χ2n) is 6.42. The molecule has 5 heteroatoms. The van der Waals surface area contributed by atoms with Crippen LogP contribution >= 0.6 is 0 Å². The molecule has 122 valence electrons. The molecule has 0 aliphatic heterocycles. The Hall–Kier alpha value is -1.75. The highest BCUT2D eigenvalue weighted by atomic mass is 19.1. The summed E-state index contributed by atoms with van der Waals surface area (Å²) in [4.78, 5) is 23.7. The highest BCUT2D eigenvalue weighted by molar-refractivity contribution is 5.97. The molecule has 0 spiro atoms. The van der Waals surface area contributed by atoms with Crippen molar-refractivity contribution in [3.8, 4) is 0 Å². The summed E-state index contributed by atoms with van der Waals surface area (Å²) in [7, 11) is 0. The van der Waals surface area contributed by atoms with Crippen LogP contribution in [0.2, 0.25) is 0 Å². The molecule has 1 atom stereocenters. The van der Waals surface area contributed by atoms with Crippen molar-refractivity contribution in [2.45, 2.75) is 46.1 Å². The van der Waals surface area contributed by atoms with Crippen molar-refractivity contribution in [3.63, 3.8) is 0 Å². The average Bonchev–Trinajstić information content (AvgIpc) is 2.42. The van der Waals surface area contributed by atoms with Gasteiger partial charge in [0.1, 0.15) is 5.82 Å². The molecule has 0 aliphatic rings. The molecule has 0 heterocycles. The summed E-state index contributed by atoms with van der Waals surface area (Å²) in [6.45, 7) is 6.08. The Kier molecular flexibility index (Phi) is 6.68. The molecule has 0 radical (unpaired) electrons. The zero-order chi connectivity index (χ0) is 16.8. The third-order valence-electron chi connectivity index (χ3n) is 3.36. The first-order valence-corrected chi connectivity index (χ1v) is 7.43. The fraction of sp³-hybridized carbons (Fsp3) is 0.529. The fourth-order valence-electron chi connectivity index (χ4n) is 2.31. The molecule has 4 nitrogen and oxygen atoms in total. The first-order chi connectivity index (χ1) is 10.2. The van der Waals surface area contributed by atoms with E-state index >= 15 is 0 Å². The second kappa shape index (κ2) is 8.03. The van der Waals surface area contributed by atoms with Gasteiger partial charge in [0.05, 0.1) is 6.10 Å². The molecular weight excluding hydrogens is 285 g/mol. The first-order valence-electron chi connectivity index (χ1n) is 7.43. The number of aliphatic hydroxyl groups is 1. The van der Waals surface area contributed by atoms with Crippen LogP contribution in [0.4, 0.5) is 4.39 Å². The largest absolute Gasteiger partial charge is 0.393 e. The summed E-state index contributed by atoms with van der Waals surface area (Å²) in [5, 5.41) is 12.2. The van der Waals surface area contributed by atoms with E-state index in [-0.39, 0.29) is 29.9 Å². The number of ketones is 1. The van der Waals surface area contributed by atoms with E-state index in [1.807, 2.05) is 13.8 Å². The minimum absolute atomic E-state index is 0.0916. The van der Waals surface area contributed by atoms with Crippen LogP contribution in [0.15, 0.2) is 24.3 Å². The summed E-state index contributed by atoms with van der Waals surface area (Å²) >= 11 is 0. The highest BCUT2D eigenvalue weighted by Crippen LogP contribution is 2.21. The van der Waals surface area contributed by atoms with Gasteiger partial charge in [-0.15, -0.1) is 0 Å². The maximum absolute atomic E-state index is 12.8. The van der Waals surface area contributed by atoms with Gasteiger partial charge >= 0.3 is 0 Å². The monoisotopic (exact) mass is 309 g/mol. The Morgan fingerprint density at radius 1 is 1.23 bits per heavy atom. The van der Waals surface area contributed by atoms with E-state index < -0.39 is 11.9 Å². The van der Waals surface area contributed by atoms with Gasteiger partial charge < -0.3 is 10.4 Å². The van der Waals surface area contributed by atoms with E-state index in [9.17, 15) is 19.1 Å². The predicted molar refractivity (Wildman–Crippen MR) is 83.1 cm³/mol. The number of benzene rings is 1. The van der Waals surface area contributed by atoms with Crippen molar-refractivity contribution in [1.29, 1.82) is 0 Å². The summed E-state index contributed by atoms with van der Waals surface area (Å²) in [6, 6.07) is 5.29. The van der Waals surface area contributed by atoms with E-state index in [2.05, 4.69) is 5.32 Å². The van der Waals surface area contributed by atoms with Crippen LogP contribution in [0.1, 0.15) is 50.4 Å². The molecule has 0 fully saturated rings. The zero-order valence-corrected chi connectivity index (χ0v) is 13.4. The third kappa shape index (κ3) is 6.80. The Bertz CT molecular complexity index is 509.